The Bertz CT molecular complexity index is 321. The van der Waals surface area contributed by atoms with Crippen LogP contribution < -0.4 is 5.32 Å². The predicted molar refractivity (Wildman–Crippen MR) is 56.0 cm³/mol. The first-order valence-electron chi connectivity index (χ1n) is 4.96. The summed E-state index contributed by atoms with van der Waals surface area (Å²) < 4.78 is 13.2. The van der Waals surface area contributed by atoms with Crippen LogP contribution in [0, 0.1) is 5.82 Å². The Balaban J connectivity index is 2.18. The van der Waals surface area contributed by atoms with Crippen LogP contribution >= 0.6 is 11.6 Å². The van der Waals surface area contributed by atoms with Crippen molar-refractivity contribution in [3.8, 4) is 0 Å². The molecule has 1 aromatic carbocycles. The van der Waals surface area contributed by atoms with E-state index in [1.54, 1.807) is 6.07 Å². The molecule has 0 radical (unpaired) electrons. The SMILES string of the molecule is Fc1cc([C@@H]2CCCCN2)ccc1Cl. The second kappa shape index (κ2) is 4.28. The number of benzene rings is 1. The second-order valence-electron chi connectivity index (χ2n) is 3.68. The molecule has 1 aliphatic rings. The molecule has 0 bridgehead atoms. The second-order valence-corrected chi connectivity index (χ2v) is 4.08. The van der Waals surface area contributed by atoms with E-state index < -0.39 is 0 Å². The largest absolute Gasteiger partial charge is 0.310 e. The molecule has 1 nitrogen and oxygen atoms in total. The molecule has 0 unspecified atom stereocenters. The third-order valence-corrected chi connectivity index (χ3v) is 2.96. The van der Waals surface area contributed by atoms with Crippen molar-refractivity contribution in [2.24, 2.45) is 0 Å². The van der Waals surface area contributed by atoms with E-state index in [0.717, 1.165) is 18.5 Å². The molecule has 1 heterocycles. The molecule has 0 aromatic heterocycles. The molecule has 1 aliphatic heterocycles. The van der Waals surface area contributed by atoms with Crippen LogP contribution in [0.5, 0.6) is 0 Å². The number of hydrogen-bond donors (Lipinski definition) is 1. The van der Waals surface area contributed by atoms with Gasteiger partial charge < -0.3 is 5.32 Å². The fourth-order valence-corrected chi connectivity index (χ4v) is 1.98. The number of nitrogens with one attached hydrogen (secondary N) is 1. The first-order chi connectivity index (χ1) is 6.77. The van der Waals surface area contributed by atoms with Gasteiger partial charge in [-0.15, -0.1) is 0 Å². The van der Waals surface area contributed by atoms with Crippen LogP contribution in [-0.2, 0) is 0 Å². The molecule has 1 aromatic rings. The summed E-state index contributed by atoms with van der Waals surface area (Å²) in [5.41, 5.74) is 1.01. The molecule has 1 atom stereocenters. The van der Waals surface area contributed by atoms with Crippen molar-refractivity contribution < 1.29 is 4.39 Å². The lowest BCUT2D eigenvalue weighted by molar-refractivity contribution is 0.411. The Morgan fingerprint density at radius 2 is 2.21 bits per heavy atom. The van der Waals surface area contributed by atoms with Gasteiger partial charge in [0.25, 0.3) is 0 Å². The fourth-order valence-electron chi connectivity index (χ4n) is 1.87. The average Bonchev–Trinajstić information content (AvgIpc) is 2.23. The minimum absolute atomic E-state index is 0.199. The number of piperidine rings is 1. The van der Waals surface area contributed by atoms with E-state index in [9.17, 15) is 4.39 Å². The smallest absolute Gasteiger partial charge is 0.142 e. The topological polar surface area (TPSA) is 12.0 Å². The standard InChI is InChI=1S/C11H13ClFN/c12-9-5-4-8(7-10(9)13)11-3-1-2-6-14-11/h4-5,7,11,14H,1-3,6H2/t11-/m0/s1. The Morgan fingerprint density at radius 1 is 1.36 bits per heavy atom. The van der Waals surface area contributed by atoms with Crippen molar-refractivity contribution in [3.05, 3.63) is 34.6 Å². The quantitative estimate of drug-likeness (QED) is 0.755. The molecule has 0 aliphatic carbocycles. The molecular formula is C11H13ClFN. The molecule has 76 valence electrons. The van der Waals surface area contributed by atoms with E-state index in [0.29, 0.717) is 6.04 Å². The van der Waals surface area contributed by atoms with Crippen molar-refractivity contribution in [1.29, 1.82) is 0 Å². The van der Waals surface area contributed by atoms with Crippen molar-refractivity contribution in [2.45, 2.75) is 25.3 Å². The van der Waals surface area contributed by atoms with E-state index >= 15 is 0 Å². The van der Waals surface area contributed by atoms with E-state index in [1.165, 1.54) is 18.9 Å². The van der Waals surface area contributed by atoms with Gasteiger partial charge in [0, 0.05) is 6.04 Å². The molecule has 1 N–H and O–H groups in total. The highest BCUT2D eigenvalue weighted by Gasteiger charge is 2.15. The summed E-state index contributed by atoms with van der Waals surface area (Å²) >= 11 is 5.62. The Morgan fingerprint density at radius 3 is 2.86 bits per heavy atom. The zero-order chi connectivity index (χ0) is 9.97. The van der Waals surface area contributed by atoms with E-state index in [1.807, 2.05) is 6.07 Å². The summed E-state index contributed by atoms with van der Waals surface area (Å²) in [4.78, 5) is 0. The molecule has 14 heavy (non-hydrogen) atoms. The first kappa shape index (κ1) is 9.94. The van der Waals surface area contributed by atoms with Gasteiger partial charge in [-0.3, -0.25) is 0 Å². The molecule has 0 spiro atoms. The van der Waals surface area contributed by atoms with Crippen LogP contribution in [0.25, 0.3) is 0 Å². The fraction of sp³-hybridized carbons (Fsp3) is 0.455. The Kier molecular flexibility index (Phi) is 3.04. The normalized spacial score (nSPS) is 22.3. The van der Waals surface area contributed by atoms with Crippen LogP contribution in [0.3, 0.4) is 0 Å². The zero-order valence-corrected chi connectivity index (χ0v) is 8.65. The zero-order valence-electron chi connectivity index (χ0n) is 7.89. The molecular weight excluding hydrogens is 201 g/mol. The van der Waals surface area contributed by atoms with Gasteiger partial charge in [-0.1, -0.05) is 24.1 Å². The number of rotatable bonds is 1. The highest BCUT2D eigenvalue weighted by atomic mass is 35.5. The minimum atomic E-state index is -0.323. The van der Waals surface area contributed by atoms with Gasteiger partial charge >= 0.3 is 0 Å². The summed E-state index contributed by atoms with van der Waals surface area (Å²) in [6, 6.07) is 5.36. The first-order valence-corrected chi connectivity index (χ1v) is 5.33. The van der Waals surface area contributed by atoms with Crippen molar-refractivity contribution >= 4 is 11.6 Å². The van der Waals surface area contributed by atoms with Crippen LogP contribution in [0.15, 0.2) is 18.2 Å². The third-order valence-electron chi connectivity index (χ3n) is 2.66. The molecule has 0 saturated carbocycles. The van der Waals surface area contributed by atoms with Gasteiger partial charge in [-0.05, 0) is 37.1 Å². The van der Waals surface area contributed by atoms with Gasteiger partial charge in [-0.2, -0.15) is 0 Å². The lowest BCUT2D eigenvalue weighted by Gasteiger charge is -2.23. The van der Waals surface area contributed by atoms with E-state index in [-0.39, 0.29) is 10.8 Å². The number of hydrogen-bond acceptors (Lipinski definition) is 1. The van der Waals surface area contributed by atoms with Gasteiger partial charge in [0.05, 0.1) is 5.02 Å². The van der Waals surface area contributed by atoms with Crippen molar-refractivity contribution in [2.75, 3.05) is 6.54 Å². The van der Waals surface area contributed by atoms with Crippen LogP contribution in [0.2, 0.25) is 5.02 Å². The lowest BCUT2D eigenvalue weighted by atomic mass is 9.98. The van der Waals surface area contributed by atoms with Gasteiger partial charge in [0.2, 0.25) is 0 Å². The monoisotopic (exact) mass is 213 g/mol. The molecule has 0 amide bonds. The minimum Gasteiger partial charge on any atom is -0.310 e. The summed E-state index contributed by atoms with van der Waals surface area (Å²) in [5, 5.41) is 3.57. The third kappa shape index (κ3) is 2.07. The Hall–Kier alpha value is -0.600. The maximum Gasteiger partial charge on any atom is 0.142 e. The molecule has 2 rings (SSSR count). The molecule has 1 fully saturated rings. The van der Waals surface area contributed by atoms with E-state index in [2.05, 4.69) is 5.32 Å². The van der Waals surface area contributed by atoms with Crippen LogP contribution in [0.4, 0.5) is 4.39 Å². The van der Waals surface area contributed by atoms with Gasteiger partial charge in [0.1, 0.15) is 5.82 Å². The van der Waals surface area contributed by atoms with Crippen molar-refractivity contribution in [3.63, 3.8) is 0 Å². The van der Waals surface area contributed by atoms with Crippen molar-refractivity contribution in [1.82, 2.24) is 5.32 Å². The van der Waals surface area contributed by atoms with Crippen LogP contribution in [-0.4, -0.2) is 6.54 Å². The van der Waals surface area contributed by atoms with E-state index in [4.69, 9.17) is 11.6 Å². The lowest BCUT2D eigenvalue weighted by Crippen LogP contribution is -2.26. The molecule has 1 saturated heterocycles. The van der Waals surface area contributed by atoms with Crippen LogP contribution in [0.1, 0.15) is 30.9 Å². The number of halogens is 2. The highest BCUT2D eigenvalue weighted by molar-refractivity contribution is 6.30. The maximum absolute atomic E-state index is 13.2. The summed E-state index contributed by atoms with van der Waals surface area (Å²) in [7, 11) is 0. The summed E-state index contributed by atoms with van der Waals surface area (Å²) in [6.45, 7) is 1.02. The van der Waals surface area contributed by atoms with Gasteiger partial charge in [-0.25, -0.2) is 4.39 Å². The highest BCUT2D eigenvalue weighted by Crippen LogP contribution is 2.25. The predicted octanol–water partition coefficient (Wildman–Crippen LogP) is 3.29. The van der Waals surface area contributed by atoms with Gasteiger partial charge in [0.15, 0.2) is 0 Å². The molecule has 3 heteroatoms. The summed E-state index contributed by atoms with van der Waals surface area (Å²) in [6.07, 6.45) is 3.51. The summed E-state index contributed by atoms with van der Waals surface area (Å²) in [5.74, 6) is -0.323. The maximum atomic E-state index is 13.2. The Labute approximate surface area is 88.3 Å². The average molecular weight is 214 g/mol.